The van der Waals surface area contributed by atoms with Crippen LogP contribution in [0.4, 0.5) is 5.69 Å². The van der Waals surface area contributed by atoms with Crippen molar-refractivity contribution in [1.29, 1.82) is 0 Å². The summed E-state index contributed by atoms with van der Waals surface area (Å²) >= 11 is 0. The van der Waals surface area contributed by atoms with Crippen LogP contribution in [0.15, 0.2) is 70.5 Å². The molecule has 3 aromatic carbocycles. The zero-order valence-electron chi connectivity index (χ0n) is 15.5. The number of carbonyl (C=O) groups excluding carboxylic acids is 1. The fourth-order valence-corrected chi connectivity index (χ4v) is 4.52. The summed E-state index contributed by atoms with van der Waals surface area (Å²) in [6.45, 7) is 0. The Hall–Kier alpha value is -3.92. The first-order valence-electron chi connectivity index (χ1n) is 8.60. The Morgan fingerprint density at radius 3 is 2.47 bits per heavy atom. The third-order valence-electron chi connectivity index (χ3n) is 4.50. The molecule has 0 fully saturated rings. The highest BCUT2D eigenvalue weighted by atomic mass is 32.2. The van der Waals surface area contributed by atoms with Crippen LogP contribution in [0.3, 0.4) is 0 Å². The van der Waals surface area contributed by atoms with E-state index in [1.807, 2.05) is 0 Å². The molecule has 0 radical (unpaired) electrons. The SMILES string of the molecule is COC(=O)c1cccc2nc3cc(S(=O)(=O)c4ccccc4[N+](=O)[O-])ccc3nc12. The number of aromatic nitrogens is 2. The lowest BCUT2D eigenvalue weighted by atomic mass is 10.1. The molecular formula is C20H13N3O6S. The van der Waals surface area contributed by atoms with Crippen molar-refractivity contribution < 1.29 is 22.9 Å². The highest BCUT2D eigenvalue weighted by molar-refractivity contribution is 7.91. The minimum atomic E-state index is -4.17. The van der Waals surface area contributed by atoms with Gasteiger partial charge in [0.25, 0.3) is 5.69 Å². The monoisotopic (exact) mass is 423 g/mol. The first-order valence-corrected chi connectivity index (χ1v) is 10.1. The third kappa shape index (κ3) is 3.12. The number of nitrogens with zero attached hydrogens (tertiary/aromatic N) is 3. The average molecular weight is 423 g/mol. The van der Waals surface area contributed by atoms with Gasteiger partial charge in [-0.2, -0.15) is 0 Å². The molecule has 0 amide bonds. The number of benzene rings is 3. The number of esters is 1. The van der Waals surface area contributed by atoms with Crippen LogP contribution < -0.4 is 0 Å². The first-order chi connectivity index (χ1) is 14.3. The molecule has 9 nitrogen and oxygen atoms in total. The number of carbonyl (C=O) groups is 1. The zero-order valence-corrected chi connectivity index (χ0v) is 16.3. The Labute approximate surface area is 170 Å². The van der Waals surface area contributed by atoms with E-state index in [4.69, 9.17) is 4.74 Å². The van der Waals surface area contributed by atoms with Gasteiger partial charge in [0, 0.05) is 6.07 Å². The zero-order chi connectivity index (χ0) is 21.5. The van der Waals surface area contributed by atoms with E-state index in [2.05, 4.69) is 9.97 Å². The van der Waals surface area contributed by atoms with Gasteiger partial charge in [0.15, 0.2) is 0 Å². The van der Waals surface area contributed by atoms with E-state index >= 15 is 0 Å². The minimum Gasteiger partial charge on any atom is -0.465 e. The predicted octanol–water partition coefficient (Wildman–Crippen LogP) is 3.31. The van der Waals surface area contributed by atoms with Crippen LogP contribution in [-0.2, 0) is 14.6 Å². The second kappa shape index (κ2) is 7.16. The molecule has 0 N–H and O–H groups in total. The van der Waals surface area contributed by atoms with Crippen molar-refractivity contribution in [3.8, 4) is 0 Å². The van der Waals surface area contributed by atoms with Gasteiger partial charge in [0.1, 0.15) is 10.4 Å². The van der Waals surface area contributed by atoms with Crippen LogP contribution in [0, 0.1) is 10.1 Å². The number of hydrogen-bond donors (Lipinski definition) is 0. The molecule has 30 heavy (non-hydrogen) atoms. The van der Waals surface area contributed by atoms with Crippen LogP contribution in [0.5, 0.6) is 0 Å². The molecule has 150 valence electrons. The van der Waals surface area contributed by atoms with Gasteiger partial charge in [-0.1, -0.05) is 18.2 Å². The molecule has 0 atom stereocenters. The van der Waals surface area contributed by atoms with Crippen molar-refractivity contribution in [2.75, 3.05) is 7.11 Å². The van der Waals surface area contributed by atoms with Crippen LogP contribution >= 0.6 is 0 Å². The number of nitro groups is 1. The Morgan fingerprint density at radius 1 is 0.967 bits per heavy atom. The van der Waals surface area contributed by atoms with Crippen molar-refractivity contribution in [2.24, 2.45) is 0 Å². The van der Waals surface area contributed by atoms with Crippen LogP contribution in [0.1, 0.15) is 10.4 Å². The average Bonchev–Trinajstić information content (AvgIpc) is 2.76. The molecule has 0 spiro atoms. The van der Waals surface area contributed by atoms with E-state index in [-0.39, 0.29) is 16.0 Å². The summed E-state index contributed by atoms with van der Waals surface area (Å²) in [4.78, 5) is 30.8. The second-order valence-electron chi connectivity index (χ2n) is 6.27. The Morgan fingerprint density at radius 2 is 1.73 bits per heavy atom. The van der Waals surface area contributed by atoms with Crippen LogP contribution in [0.2, 0.25) is 0 Å². The Kier molecular flexibility index (Phi) is 4.63. The normalized spacial score (nSPS) is 11.5. The summed E-state index contributed by atoms with van der Waals surface area (Å²) in [5.74, 6) is -0.565. The molecule has 0 aliphatic rings. The molecule has 0 aliphatic heterocycles. The lowest BCUT2D eigenvalue weighted by molar-refractivity contribution is -0.387. The summed E-state index contributed by atoms with van der Waals surface area (Å²) in [5.41, 5.74) is 1.06. The Balaban J connectivity index is 1.91. The number of hydrogen-bond acceptors (Lipinski definition) is 8. The van der Waals surface area contributed by atoms with Crippen molar-refractivity contribution in [1.82, 2.24) is 9.97 Å². The number of fused-ring (bicyclic) bond motifs is 2. The topological polar surface area (TPSA) is 129 Å². The van der Waals surface area contributed by atoms with E-state index in [1.54, 1.807) is 18.2 Å². The fourth-order valence-electron chi connectivity index (χ4n) is 3.08. The standard InChI is InChI=1S/C20H13N3O6S/c1-29-20(24)13-5-4-6-15-19(13)22-14-10-9-12(11-16(14)21-15)30(27,28)18-8-3-2-7-17(18)23(25)26/h2-11H,1H3. The number of methoxy groups -OCH3 is 1. The first kappa shape index (κ1) is 19.4. The molecule has 10 heteroatoms. The summed E-state index contributed by atoms with van der Waals surface area (Å²) in [7, 11) is -2.91. The molecule has 1 aromatic heterocycles. The molecular weight excluding hydrogens is 410 g/mol. The summed E-state index contributed by atoms with van der Waals surface area (Å²) in [5, 5.41) is 11.3. The van der Waals surface area contributed by atoms with Crippen LogP contribution in [-0.4, -0.2) is 36.4 Å². The number of ether oxygens (including phenoxy) is 1. The van der Waals surface area contributed by atoms with Gasteiger partial charge >= 0.3 is 5.97 Å². The van der Waals surface area contributed by atoms with Gasteiger partial charge in [-0.3, -0.25) is 10.1 Å². The molecule has 4 rings (SSSR count). The Bertz CT molecular complexity index is 1450. The maximum absolute atomic E-state index is 13.0. The summed E-state index contributed by atoms with van der Waals surface area (Å²) < 4.78 is 30.8. The van der Waals surface area contributed by atoms with Crippen molar-refractivity contribution in [3.05, 3.63) is 76.3 Å². The second-order valence-corrected chi connectivity index (χ2v) is 8.19. The smallest absolute Gasteiger partial charge is 0.340 e. The fraction of sp³-hybridized carbons (Fsp3) is 0.0500. The molecule has 0 saturated heterocycles. The molecule has 0 aliphatic carbocycles. The number of nitro benzene ring substituents is 1. The van der Waals surface area contributed by atoms with E-state index < -0.39 is 31.3 Å². The van der Waals surface area contributed by atoms with Crippen molar-refractivity contribution in [3.63, 3.8) is 0 Å². The van der Waals surface area contributed by atoms with Crippen LogP contribution in [0.25, 0.3) is 22.1 Å². The molecule has 0 bridgehead atoms. The van der Waals surface area contributed by atoms with Gasteiger partial charge in [-0.15, -0.1) is 0 Å². The number of sulfone groups is 1. The van der Waals surface area contributed by atoms with E-state index in [1.165, 1.54) is 43.5 Å². The largest absolute Gasteiger partial charge is 0.465 e. The number of para-hydroxylation sites is 2. The summed E-state index contributed by atoms with van der Waals surface area (Å²) in [6.07, 6.45) is 0. The van der Waals surface area contributed by atoms with Gasteiger partial charge in [0.05, 0.1) is 39.0 Å². The maximum atomic E-state index is 13.0. The van der Waals surface area contributed by atoms with Crippen molar-refractivity contribution in [2.45, 2.75) is 9.79 Å². The lowest BCUT2D eigenvalue weighted by Gasteiger charge is -2.08. The van der Waals surface area contributed by atoms with Gasteiger partial charge in [-0.25, -0.2) is 23.2 Å². The van der Waals surface area contributed by atoms with E-state index in [9.17, 15) is 23.3 Å². The predicted molar refractivity (Wildman–Crippen MR) is 107 cm³/mol. The number of rotatable bonds is 4. The molecule has 1 heterocycles. The molecule has 0 unspecified atom stereocenters. The quantitative estimate of drug-likeness (QED) is 0.212. The molecule has 4 aromatic rings. The summed E-state index contributed by atoms with van der Waals surface area (Å²) in [6, 6.07) is 14.0. The molecule has 0 saturated carbocycles. The van der Waals surface area contributed by atoms with Gasteiger partial charge in [0.2, 0.25) is 9.84 Å². The maximum Gasteiger partial charge on any atom is 0.340 e. The van der Waals surface area contributed by atoms with Gasteiger partial charge in [-0.05, 0) is 36.4 Å². The highest BCUT2D eigenvalue weighted by Gasteiger charge is 2.27. The van der Waals surface area contributed by atoms with Gasteiger partial charge < -0.3 is 4.74 Å². The highest BCUT2D eigenvalue weighted by Crippen LogP contribution is 2.30. The third-order valence-corrected chi connectivity index (χ3v) is 6.30. The van der Waals surface area contributed by atoms with E-state index in [0.29, 0.717) is 16.6 Å². The lowest BCUT2D eigenvalue weighted by Crippen LogP contribution is -2.06. The minimum absolute atomic E-state index is 0.151. The van der Waals surface area contributed by atoms with E-state index in [0.717, 1.165) is 6.07 Å². The van der Waals surface area contributed by atoms with Crippen molar-refractivity contribution >= 4 is 43.6 Å².